The van der Waals surface area contributed by atoms with Crippen molar-refractivity contribution in [2.75, 3.05) is 18.5 Å². The first-order valence-electron chi connectivity index (χ1n) is 6.53. The zero-order valence-corrected chi connectivity index (χ0v) is 15.8. The number of hydroxylamine groups is 1. The monoisotopic (exact) mass is 453 g/mol. The molecule has 128 valence electrons. The summed E-state index contributed by atoms with van der Waals surface area (Å²) in [5.74, 6) is -0.606. The van der Waals surface area contributed by atoms with Crippen LogP contribution in [0.3, 0.4) is 0 Å². The zero-order chi connectivity index (χ0) is 17.7. The summed E-state index contributed by atoms with van der Waals surface area (Å²) in [6, 6.07) is 5.17. The van der Waals surface area contributed by atoms with Crippen LogP contribution in [0.25, 0.3) is 0 Å². The van der Waals surface area contributed by atoms with Gasteiger partial charge in [-0.05, 0) is 18.2 Å². The number of carbonyl (C=O) groups is 1. The van der Waals surface area contributed by atoms with Crippen LogP contribution in [0.5, 0.6) is 0 Å². The predicted octanol–water partition coefficient (Wildman–Crippen LogP) is 4.20. The number of benzene rings is 1. The van der Waals surface area contributed by atoms with Gasteiger partial charge < -0.3 is 10.4 Å². The molecular weight excluding hydrogens is 444 g/mol. The fourth-order valence-electron chi connectivity index (χ4n) is 1.70. The highest BCUT2D eigenvalue weighted by atomic mass is 79.9. The molecule has 0 saturated heterocycles. The van der Waals surface area contributed by atoms with Crippen LogP contribution in [0.4, 0.5) is 11.4 Å². The number of pyridine rings is 1. The molecule has 0 aliphatic heterocycles. The fraction of sp³-hybridized carbons (Fsp3) is 0.143. The number of anilines is 2. The molecule has 1 heterocycles. The Bertz CT molecular complexity index is 762. The van der Waals surface area contributed by atoms with Crippen molar-refractivity contribution in [1.29, 1.82) is 0 Å². The number of hydrogen-bond acceptors (Lipinski definition) is 5. The number of aliphatic hydroxyl groups is 1. The lowest BCUT2D eigenvalue weighted by Crippen LogP contribution is -2.26. The summed E-state index contributed by atoms with van der Waals surface area (Å²) in [6.45, 7) is -0.290. The molecule has 0 radical (unpaired) electrons. The number of nitrogens with zero attached hydrogens (tertiary/aromatic N) is 1. The largest absolute Gasteiger partial charge is 0.394 e. The first-order chi connectivity index (χ1) is 11.4. The van der Waals surface area contributed by atoms with Gasteiger partial charge in [0.05, 0.1) is 35.2 Å². The normalized spacial score (nSPS) is 10.5. The van der Waals surface area contributed by atoms with Crippen LogP contribution in [0.15, 0.2) is 28.9 Å². The summed E-state index contributed by atoms with van der Waals surface area (Å²) >= 11 is 21.6. The second-order valence-electron chi connectivity index (χ2n) is 4.40. The van der Waals surface area contributed by atoms with Gasteiger partial charge in [-0.1, -0.05) is 50.7 Å². The summed E-state index contributed by atoms with van der Waals surface area (Å²) in [7, 11) is 0. The van der Waals surface area contributed by atoms with E-state index in [0.29, 0.717) is 10.7 Å². The van der Waals surface area contributed by atoms with Crippen molar-refractivity contribution in [3.8, 4) is 0 Å². The first-order valence-corrected chi connectivity index (χ1v) is 8.45. The lowest BCUT2D eigenvalue weighted by molar-refractivity contribution is 0.0168. The molecule has 0 unspecified atom stereocenters. The van der Waals surface area contributed by atoms with Crippen LogP contribution in [0.2, 0.25) is 15.2 Å². The molecule has 24 heavy (non-hydrogen) atoms. The van der Waals surface area contributed by atoms with E-state index in [0.717, 1.165) is 4.47 Å². The second kappa shape index (κ2) is 8.84. The number of halogens is 4. The Morgan fingerprint density at radius 2 is 2.08 bits per heavy atom. The van der Waals surface area contributed by atoms with Crippen molar-refractivity contribution in [1.82, 2.24) is 10.5 Å². The van der Waals surface area contributed by atoms with E-state index in [2.05, 4.69) is 31.7 Å². The molecule has 10 heteroatoms. The number of carbonyl (C=O) groups excluding carboxylic acids is 1. The molecule has 0 aliphatic rings. The number of aromatic nitrogens is 1. The molecule has 1 aromatic carbocycles. The Morgan fingerprint density at radius 1 is 1.33 bits per heavy atom. The number of aliphatic hydroxyl groups excluding tert-OH is 1. The molecule has 0 bridgehead atoms. The van der Waals surface area contributed by atoms with Gasteiger partial charge in [-0.2, -0.15) is 0 Å². The number of amides is 1. The maximum Gasteiger partial charge on any atom is 0.278 e. The third kappa shape index (κ3) is 4.72. The van der Waals surface area contributed by atoms with E-state index in [4.69, 9.17) is 44.7 Å². The maximum absolute atomic E-state index is 12.2. The Labute approximate surface area is 161 Å². The maximum atomic E-state index is 12.2. The number of rotatable bonds is 6. The SMILES string of the molecule is O=C(NOCCO)c1cnc(Cl)c(Cl)c1Nc1ccc(Br)cc1Cl. The van der Waals surface area contributed by atoms with Crippen LogP contribution in [0, 0.1) is 0 Å². The highest BCUT2D eigenvalue weighted by molar-refractivity contribution is 9.10. The average Bonchev–Trinajstić information content (AvgIpc) is 2.54. The molecule has 2 aromatic rings. The molecule has 1 amide bonds. The van der Waals surface area contributed by atoms with Gasteiger partial charge in [-0.15, -0.1) is 0 Å². The van der Waals surface area contributed by atoms with E-state index in [-0.39, 0.29) is 34.6 Å². The third-order valence-corrected chi connectivity index (χ3v) is 4.33. The minimum atomic E-state index is -0.606. The van der Waals surface area contributed by atoms with Crippen LogP contribution < -0.4 is 10.8 Å². The van der Waals surface area contributed by atoms with Crippen molar-refractivity contribution < 1.29 is 14.7 Å². The highest BCUT2D eigenvalue weighted by Crippen LogP contribution is 2.36. The van der Waals surface area contributed by atoms with Crippen molar-refractivity contribution in [2.45, 2.75) is 0 Å². The minimum absolute atomic E-state index is 0.0280. The molecule has 0 atom stereocenters. The summed E-state index contributed by atoms with van der Waals surface area (Å²) in [5, 5.41) is 12.1. The van der Waals surface area contributed by atoms with Gasteiger partial charge in [-0.25, -0.2) is 10.5 Å². The van der Waals surface area contributed by atoms with Gasteiger partial charge in [-0.3, -0.25) is 9.63 Å². The fourth-order valence-corrected chi connectivity index (χ4v) is 2.76. The molecule has 3 N–H and O–H groups in total. The van der Waals surface area contributed by atoms with Gasteiger partial charge in [0.25, 0.3) is 5.91 Å². The number of hydrogen-bond donors (Lipinski definition) is 3. The van der Waals surface area contributed by atoms with Crippen LogP contribution in [-0.4, -0.2) is 29.2 Å². The smallest absolute Gasteiger partial charge is 0.278 e. The van der Waals surface area contributed by atoms with Crippen molar-refractivity contribution >= 4 is 68.0 Å². The van der Waals surface area contributed by atoms with E-state index in [1.54, 1.807) is 18.2 Å². The molecule has 0 spiro atoms. The Morgan fingerprint density at radius 3 is 2.75 bits per heavy atom. The van der Waals surface area contributed by atoms with E-state index in [1.165, 1.54) is 6.20 Å². The van der Waals surface area contributed by atoms with Crippen LogP contribution in [-0.2, 0) is 4.84 Å². The third-order valence-electron chi connectivity index (χ3n) is 2.77. The van der Waals surface area contributed by atoms with Crippen molar-refractivity contribution in [3.05, 3.63) is 49.6 Å². The summed E-state index contributed by atoms with van der Waals surface area (Å²) in [6.07, 6.45) is 1.25. The lowest BCUT2D eigenvalue weighted by Gasteiger charge is -2.15. The zero-order valence-electron chi connectivity index (χ0n) is 11.9. The molecule has 1 aromatic heterocycles. The standard InChI is InChI=1S/C14H11BrCl3N3O3/c15-7-1-2-10(9(16)5-7)20-12-8(6-19-13(18)11(12)17)14(23)21-24-4-3-22/h1-2,5-6,22H,3-4H2,(H,19,20)(H,21,23). The van der Waals surface area contributed by atoms with Gasteiger partial charge in [0.15, 0.2) is 0 Å². The topological polar surface area (TPSA) is 83.5 Å². The molecule has 6 nitrogen and oxygen atoms in total. The summed E-state index contributed by atoms with van der Waals surface area (Å²) in [4.78, 5) is 20.8. The van der Waals surface area contributed by atoms with E-state index >= 15 is 0 Å². The molecule has 0 fully saturated rings. The van der Waals surface area contributed by atoms with E-state index < -0.39 is 5.91 Å². The predicted molar refractivity (Wildman–Crippen MR) is 97.2 cm³/mol. The van der Waals surface area contributed by atoms with Crippen LogP contribution >= 0.6 is 50.7 Å². The van der Waals surface area contributed by atoms with Crippen molar-refractivity contribution in [2.24, 2.45) is 0 Å². The van der Waals surface area contributed by atoms with Gasteiger partial charge in [0.1, 0.15) is 10.2 Å². The van der Waals surface area contributed by atoms with Crippen LogP contribution in [0.1, 0.15) is 10.4 Å². The Kier molecular flexibility index (Phi) is 7.09. The molecule has 0 aliphatic carbocycles. The summed E-state index contributed by atoms with van der Waals surface area (Å²) < 4.78 is 0.798. The van der Waals surface area contributed by atoms with Crippen molar-refractivity contribution in [3.63, 3.8) is 0 Å². The first kappa shape index (κ1) is 19.2. The van der Waals surface area contributed by atoms with Gasteiger partial charge in [0.2, 0.25) is 0 Å². The molecular formula is C14H11BrCl3N3O3. The minimum Gasteiger partial charge on any atom is -0.394 e. The average molecular weight is 456 g/mol. The lowest BCUT2D eigenvalue weighted by atomic mass is 10.2. The molecule has 2 rings (SSSR count). The van der Waals surface area contributed by atoms with E-state index in [1.807, 2.05) is 0 Å². The van der Waals surface area contributed by atoms with Gasteiger partial charge in [0, 0.05) is 10.7 Å². The second-order valence-corrected chi connectivity index (χ2v) is 6.46. The highest BCUT2D eigenvalue weighted by Gasteiger charge is 2.19. The molecule has 0 saturated carbocycles. The Hall–Kier alpha value is -1.09. The summed E-state index contributed by atoms with van der Waals surface area (Å²) in [5.41, 5.74) is 3.02. The number of nitrogens with one attached hydrogen (secondary N) is 2. The van der Waals surface area contributed by atoms with E-state index in [9.17, 15) is 4.79 Å². The quantitative estimate of drug-likeness (QED) is 0.345. The Balaban J connectivity index is 2.36. The van der Waals surface area contributed by atoms with Gasteiger partial charge >= 0.3 is 0 Å².